The van der Waals surface area contributed by atoms with Crippen LogP contribution >= 0.6 is 11.8 Å². The summed E-state index contributed by atoms with van der Waals surface area (Å²) in [6.07, 6.45) is 3.77. The van der Waals surface area contributed by atoms with E-state index in [1.165, 1.54) is 0 Å². The van der Waals surface area contributed by atoms with E-state index >= 15 is 0 Å². The molecule has 1 aromatic carbocycles. The molecule has 1 rings (SSSR count). The Bertz CT molecular complexity index is 391. The number of carboxylic acids is 1. The lowest BCUT2D eigenvalue weighted by Crippen LogP contribution is -2.01. The van der Waals surface area contributed by atoms with Gasteiger partial charge in [-0.2, -0.15) is 0 Å². The summed E-state index contributed by atoms with van der Waals surface area (Å²) >= 11 is 1.64. The Labute approximate surface area is 100 Å². The summed E-state index contributed by atoms with van der Waals surface area (Å²) in [5.74, 6) is -0.642. The zero-order valence-corrected chi connectivity index (χ0v) is 10.5. The molecule has 0 aromatic heterocycles. The van der Waals surface area contributed by atoms with Gasteiger partial charge in [0, 0.05) is 4.90 Å². The lowest BCUT2D eigenvalue weighted by atomic mass is 10.0. The third-order valence-electron chi connectivity index (χ3n) is 2.13. The summed E-state index contributed by atoms with van der Waals surface area (Å²) in [6.45, 7) is 3.94. The largest absolute Gasteiger partial charge is 0.478 e. The summed E-state index contributed by atoms with van der Waals surface area (Å²) in [5.41, 5.74) is 1.14. The maximum atomic E-state index is 11.1. The minimum Gasteiger partial charge on any atom is -0.478 e. The molecule has 16 heavy (non-hydrogen) atoms. The van der Waals surface area contributed by atoms with Gasteiger partial charge in [-0.25, -0.2) is 4.79 Å². The molecule has 0 bridgehead atoms. The van der Waals surface area contributed by atoms with E-state index in [0.29, 0.717) is 5.57 Å². The van der Waals surface area contributed by atoms with Gasteiger partial charge in [-0.1, -0.05) is 32.1 Å². The van der Waals surface area contributed by atoms with Crippen LogP contribution in [0.4, 0.5) is 0 Å². The van der Waals surface area contributed by atoms with Crippen LogP contribution < -0.4 is 0 Å². The number of carboxylic acid groups (broad SMARTS) is 1. The fraction of sp³-hybridized carbons (Fsp3) is 0.308. The van der Waals surface area contributed by atoms with Gasteiger partial charge in [-0.3, -0.25) is 0 Å². The van der Waals surface area contributed by atoms with E-state index in [1.54, 1.807) is 17.8 Å². The Balaban J connectivity index is 3.07. The van der Waals surface area contributed by atoms with E-state index in [2.05, 4.69) is 0 Å². The SMILES string of the molecule is CSc1ccc(/C(=C\C(C)C)C(=O)O)cc1. The van der Waals surface area contributed by atoms with Gasteiger partial charge in [0.05, 0.1) is 5.57 Å². The standard InChI is InChI=1S/C13H16O2S/c1-9(2)8-12(13(14)15)10-4-6-11(16-3)7-5-10/h4-9H,1-3H3,(H,14,15)/b12-8+. The second-order valence-electron chi connectivity index (χ2n) is 3.86. The minimum atomic E-state index is -0.870. The molecule has 0 aliphatic rings. The van der Waals surface area contributed by atoms with Crippen LogP contribution in [0.2, 0.25) is 0 Å². The van der Waals surface area contributed by atoms with Crippen LogP contribution in [0.15, 0.2) is 35.2 Å². The molecule has 0 heterocycles. The lowest BCUT2D eigenvalue weighted by molar-refractivity contribution is -0.130. The van der Waals surface area contributed by atoms with E-state index in [4.69, 9.17) is 5.11 Å². The Kier molecular flexibility index (Phi) is 4.62. The quantitative estimate of drug-likeness (QED) is 0.642. The number of allylic oxidation sites excluding steroid dienone is 1. The Morgan fingerprint density at radius 2 is 1.88 bits per heavy atom. The monoisotopic (exact) mass is 236 g/mol. The number of thioether (sulfide) groups is 1. The lowest BCUT2D eigenvalue weighted by Gasteiger charge is -2.05. The molecule has 0 unspecified atom stereocenters. The van der Waals surface area contributed by atoms with Crippen LogP contribution in [0.5, 0.6) is 0 Å². The minimum absolute atomic E-state index is 0.228. The third kappa shape index (κ3) is 3.42. The number of hydrogen-bond acceptors (Lipinski definition) is 2. The van der Waals surface area contributed by atoms with Gasteiger partial charge in [0.2, 0.25) is 0 Å². The van der Waals surface area contributed by atoms with Crippen molar-refractivity contribution in [3.05, 3.63) is 35.9 Å². The molecule has 0 fully saturated rings. The zero-order chi connectivity index (χ0) is 12.1. The van der Waals surface area contributed by atoms with Crippen molar-refractivity contribution < 1.29 is 9.90 Å². The van der Waals surface area contributed by atoms with Crippen LogP contribution in [0.25, 0.3) is 5.57 Å². The Hall–Kier alpha value is -1.22. The van der Waals surface area contributed by atoms with Crippen molar-refractivity contribution in [2.75, 3.05) is 6.26 Å². The molecule has 1 aromatic rings. The topological polar surface area (TPSA) is 37.3 Å². The van der Waals surface area contributed by atoms with Gasteiger partial charge in [0.15, 0.2) is 0 Å². The van der Waals surface area contributed by atoms with Crippen LogP contribution in [-0.2, 0) is 4.79 Å². The van der Waals surface area contributed by atoms with Crippen LogP contribution in [0.1, 0.15) is 19.4 Å². The molecule has 0 aliphatic carbocycles. The van der Waals surface area contributed by atoms with E-state index in [0.717, 1.165) is 10.5 Å². The maximum absolute atomic E-state index is 11.1. The molecule has 0 saturated carbocycles. The highest BCUT2D eigenvalue weighted by Crippen LogP contribution is 2.21. The summed E-state index contributed by atoms with van der Waals surface area (Å²) in [7, 11) is 0. The van der Waals surface area contributed by atoms with Crippen molar-refractivity contribution in [3.63, 3.8) is 0 Å². The Morgan fingerprint density at radius 3 is 2.25 bits per heavy atom. The molecule has 0 spiro atoms. The van der Waals surface area contributed by atoms with Gasteiger partial charge < -0.3 is 5.11 Å². The number of carbonyl (C=O) groups is 1. The van der Waals surface area contributed by atoms with Crippen molar-refractivity contribution in [3.8, 4) is 0 Å². The molecular weight excluding hydrogens is 220 g/mol. The van der Waals surface area contributed by atoms with Crippen molar-refractivity contribution in [1.29, 1.82) is 0 Å². The van der Waals surface area contributed by atoms with Gasteiger partial charge in [0.1, 0.15) is 0 Å². The molecular formula is C13H16O2S. The first-order valence-electron chi connectivity index (χ1n) is 5.14. The van der Waals surface area contributed by atoms with E-state index < -0.39 is 5.97 Å². The number of hydrogen-bond donors (Lipinski definition) is 1. The third-order valence-corrected chi connectivity index (χ3v) is 2.88. The molecule has 86 valence electrons. The smallest absolute Gasteiger partial charge is 0.335 e. The number of benzene rings is 1. The Morgan fingerprint density at radius 1 is 1.31 bits per heavy atom. The first-order valence-corrected chi connectivity index (χ1v) is 6.36. The van der Waals surface area contributed by atoms with E-state index in [1.807, 2.05) is 44.4 Å². The second kappa shape index (κ2) is 5.75. The number of aliphatic carboxylic acids is 1. The first kappa shape index (κ1) is 12.8. The highest BCUT2D eigenvalue weighted by molar-refractivity contribution is 7.98. The first-order chi connectivity index (χ1) is 7.54. The molecule has 0 aliphatic heterocycles. The maximum Gasteiger partial charge on any atom is 0.335 e. The van der Waals surface area contributed by atoms with Crippen molar-refractivity contribution in [1.82, 2.24) is 0 Å². The summed E-state index contributed by atoms with van der Waals surface area (Å²) in [4.78, 5) is 12.3. The average molecular weight is 236 g/mol. The molecule has 0 atom stereocenters. The molecule has 0 amide bonds. The average Bonchev–Trinajstić information content (AvgIpc) is 2.25. The fourth-order valence-electron chi connectivity index (χ4n) is 1.39. The van der Waals surface area contributed by atoms with Crippen LogP contribution in [0.3, 0.4) is 0 Å². The predicted octanol–water partition coefficient (Wildman–Crippen LogP) is 3.53. The molecule has 1 N–H and O–H groups in total. The summed E-state index contributed by atoms with van der Waals surface area (Å²) < 4.78 is 0. The normalized spacial score (nSPS) is 11.9. The summed E-state index contributed by atoms with van der Waals surface area (Å²) in [5, 5.41) is 9.13. The highest BCUT2D eigenvalue weighted by Gasteiger charge is 2.10. The van der Waals surface area contributed by atoms with Crippen molar-refractivity contribution in [2.24, 2.45) is 5.92 Å². The van der Waals surface area contributed by atoms with Crippen molar-refractivity contribution >= 4 is 23.3 Å². The molecule has 0 radical (unpaired) electrons. The highest BCUT2D eigenvalue weighted by atomic mass is 32.2. The second-order valence-corrected chi connectivity index (χ2v) is 4.74. The zero-order valence-electron chi connectivity index (χ0n) is 9.73. The van der Waals surface area contributed by atoms with Gasteiger partial charge >= 0.3 is 5.97 Å². The molecule has 0 saturated heterocycles. The molecule has 3 heteroatoms. The van der Waals surface area contributed by atoms with Gasteiger partial charge in [-0.15, -0.1) is 11.8 Å². The van der Waals surface area contributed by atoms with Crippen LogP contribution in [0, 0.1) is 5.92 Å². The summed E-state index contributed by atoms with van der Waals surface area (Å²) in [6, 6.07) is 7.59. The van der Waals surface area contributed by atoms with E-state index in [9.17, 15) is 4.79 Å². The van der Waals surface area contributed by atoms with E-state index in [-0.39, 0.29) is 5.92 Å². The van der Waals surface area contributed by atoms with Crippen LogP contribution in [-0.4, -0.2) is 17.3 Å². The van der Waals surface area contributed by atoms with Gasteiger partial charge in [0.25, 0.3) is 0 Å². The van der Waals surface area contributed by atoms with Crippen molar-refractivity contribution in [2.45, 2.75) is 18.7 Å². The fourth-order valence-corrected chi connectivity index (χ4v) is 1.80. The molecule has 2 nitrogen and oxygen atoms in total. The van der Waals surface area contributed by atoms with Gasteiger partial charge in [-0.05, 0) is 29.9 Å². The predicted molar refractivity (Wildman–Crippen MR) is 68.7 cm³/mol. The number of rotatable bonds is 4.